The monoisotopic (exact) mass is 633 g/mol. The first kappa shape index (κ1) is 25.6. The number of methoxy groups -OCH3 is 1. The topological polar surface area (TPSA) is 138 Å². The van der Waals surface area contributed by atoms with Crippen LogP contribution >= 0.6 is 31.9 Å². The molecule has 1 aromatic rings. The van der Waals surface area contributed by atoms with Crippen LogP contribution in [0.2, 0.25) is 0 Å². The van der Waals surface area contributed by atoms with Gasteiger partial charge < -0.3 is 14.9 Å². The van der Waals surface area contributed by atoms with Crippen LogP contribution in [0.1, 0.15) is 30.7 Å². The molecule has 0 radical (unpaired) electrons. The number of phenolic OH excluding ortho intramolecular Hbond substituents is 1. The average molecular weight is 635 g/mol. The molecule has 11 heteroatoms. The van der Waals surface area contributed by atoms with Crippen molar-refractivity contribution in [2.24, 2.45) is 17.8 Å². The normalized spacial score (nSPS) is 26.9. The predicted octanol–water partition coefficient (Wildman–Crippen LogP) is 3.40. The molecule has 1 aliphatic heterocycles. The zero-order valence-corrected chi connectivity index (χ0v) is 22.7. The fourth-order valence-corrected chi connectivity index (χ4v) is 6.90. The van der Waals surface area contributed by atoms with Crippen molar-refractivity contribution in [3.63, 3.8) is 0 Å². The van der Waals surface area contributed by atoms with Gasteiger partial charge in [-0.1, -0.05) is 11.6 Å². The molecule has 192 valence electrons. The molecule has 1 heterocycles. The molecule has 37 heavy (non-hydrogen) atoms. The van der Waals surface area contributed by atoms with Crippen molar-refractivity contribution >= 4 is 61.2 Å². The number of hydrogen-bond donors (Lipinski definition) is 2. The summed E-state index contributed by atoms with van der Waals surface area (Å²) in [6.07, 6.45) is 3.11. The third kappa shape index (κ3) is 3.99. The summed E-state index contributed by atoms with van der Waals surface area (Å²) in [4.78, 5) is 65.2. The number of rotatable bonds is 5. The summed E-state index contributed by atoms with van der Waals surface area (Å²) in [7, 11) is 1.40. The number of carbonyl (C=O) groups is 5. The number of hydrogen-bond acceptors (Lipinski definition) is 7. The Kier molecular flexibility index (Phi) is 6.47. The van der Waals surface area contributed by atoms with E-state index in [4.69, 9.17) is 9.84 Å². The van der Waals surface area contributed by atoms with Crippen LogP contribution in [0.4, 0.5) is 0 Å². The summed E-state index contributed by atoms with van der Waals surface area (Å²) in [6, 6.07) is 3.24. The average Bonchev–Trinajstić information content (AvgIpc) is 3.10. The maximum absolute atomic E-state index is 13.5. The number of halogens is 2. The van der Waals surface area contributed by atoms with E-state index in [0.717, 1.165) is 10.5 Å². The van der Waals surface area contributed by atoms with Crippen LogP contribution in [-0.2, 0) is 24.0 Å². The Bertz CT molecular complexity index is 1390. The second-order valence-corrected chi connectivity index (χ2v) is 11.1. The number of ether oxygens (including phenoxy) is 1. The van der Waals surface area contributed by atoms with E-state index in [9.17, 15) is 29.1 Å². The smallest absolute Gasteiger partial charge is 0.305 e. The van der Waals surface area contributed by atoms with E-state index in [1.54, 1.807) is 12.1 Å². The highest BCUT2D eigenvalue weighted by atomic mass is 79.9. The molecular weight excluding hydrogens is 614 g/mol. The fraction of sp³-hybridized carbons (Fsp3) is 0.346. The van der Waals surface area contributed by atoms with Gasteiger partial charge >= 0.3 is 5.97 Å². The van der Waals surface area contributed by atoms with E-state index >= 15 is 0 Å². The third-order valence-electron chi connectivity index (χ3n) is 7.58. The lowest BCUT2D eigenvalue weighted by Crippen LogP contribution is -2.39. The number of fused-ring (bicyclic) bond motifs is 3. The Hall–Kier alpha value is -3.05. The Labute approximate surface area is 228 Å². The van der Waals surface area contributed by atoms with Crippen LogP contribution in [-0.4, -0.2) is 58.1 Å². The van der Waals surface area contributed by atoms with E-state index in [1.807, 2.05) is 6.08 Å². The highest BCUT2D eigenvalue weighted by Gasteiger charge is 2.56. The number of imide groups is 1. The molecule has 0 unspecified atom stereocenters. The molecule has 1 aromatic carbocycles. The van der Waals surface area contributed by atoms with Gasteiger partial charge in [0.2, 0.25) is 11.8 Å². The number of likely N-dealkylation sites (tertiary alicyclic amines) is 1. The molecule has 0 aromatic heterocycles. The first-order valence-corrected chi connectivity index (χ1v) is 13.2. The number of benzene rings is 1. The summed E-state index contributed by atoms with van der Waals surface area (Å²) in [5.41, 5.74) is 1.90. The summed E-state index contributed by atoms with van der Waals surface area (Å²) in [6.45, 7) is -0.215. The minimum Gasteiger partial charge on any atom is -0.503 e. The molecule has 3 aliphatic carbocycles. The number of amides is 2. The van der Waals surface area contributed by atoms with Crippen LogP contribution in [0.15, 0.2) is 50.0 Å². The highest BCUT2D eigenvalue weighted by Crippen LogP contribution is 2.56. The van der Waals surface area contributed by atoms with Crippen molar-refractivity contribution in [3.05, 3.63) is 55.5 Å². The van der Waals surface area contributed by atoms with E-state index < -0.39 is 41.5 Å². The molecule has 1 fully saturated rings. The van der Waals surface area contributed by atoms with Crippen molar-refractivity contribution < 1.29 is 38.9 Å². The van der Waals surface area contributed by atoms with E-state index in [-0.39, 0.29) is 58.9 Å². The van der Waals surface area contributed by atoms with Crippen LogP contribution < -0.4 is 4.74 Å². The van der Waals surface area contributed by atoms with Gasteiger partial charge in [0, 0.05) is 29.7 Å². The van der Waals surface area contributed by atoms with Crippen LogP contribution in [0, 0.1) is 17.8 Å². The van der Waals surface area contributed by atoms with E-state index in [1.165, 1.54) is 13.2 Å². The van der Waals surface area contributed by atoms with Crippen LogP contribution in [0.3, 0.4) is 0 Å². The Morgan fingerprint density at radius 1 is 1.14 bits per heavy atom. The number of nitrogens with zero attached hydrogens (tertiary/aromatic N) is 1. The minimum atomic E-state index is -1.11. The van der Waals surface area contributed by atoms with Gasteiger partial charge in [-0.25, -0.2) is 0 Å². The number of carboxylic acid groups (broad SMARTS) is 1. The van der Waals surface area contributed by atoms with Crippen LogP contribution in [0.5, 0.6) is 11.5 Å². The first-order valence-electron chi connectivity index (χ1n) is 11.6. The second-order valence-electron chi connectivity index (χ2n) is 9.42. The van der Waals surface area contributed by atoms with Gasteiger partial charge in [-0.05, 0) is 68.3 Å². The third-order valence-corrected chi connectivity index (χ3v) is 8.77. The number of aromatic hydroxyl groups is 1. The molecule has 0 bridgehead atoms. The second kappa shape index (κ2) is 9.36. The minimum absolute atomic E-state index is 0.106. The predicted molar refractivity (Wildman–Crippen MR) is 136 cm³/mol. The van der Waals surface area contributed by atoms with E-state index in [0.29, 0.717) is 15.6 Å². The molecule has 9 nitrogen and oxygen atoms in total. The summed E-state index contributed by atoms with van der Waals surface area (Å²) >= 11 is 6.51. The molecule has 5 rings (SSSR count). The molecule has 1 saturated heterocycles. The zero-order chi connectivity index (χ0) is 26.8. The number of carboxylic acids is 1. The lowest BCUT2D eigenvalue weighted by Gasteiger charge is -2.42. The van der Waals surface area contributed by atoms with Crippen molar-refractivity contribution in [2.75, 3.05) is 13.7 Å². The maximum Gasteiger partial charge on any atom is 0.305 e. The molecule has 4 atom stereocenters. The van der Waals surface area contributed by atoms with E-state index in [2.05, 4.69) is 31.9 Å². The van der Waals surface area contributed by atoms with Gasteiger partial charge in [-0.15, -0.1) is 0 Å². The van der Waals surface area contributed by atoms with Crippen LogP contribution in [0.25, 0.3) is 0 Å². The van der Waals surface area contributed by atoms with Gasteiger partial charge in [-0.3, -0.25) is 28.9 Å². The Morgan fingerprint density at radius 2 is 1.86 bits per heavy atom. The summed E-state index contributed by atoms with van der Waals surface area (Å²) < 4.78 is 5.77. The Balaban J connectivity index is 1.65. The van der Waals surface area contributed by atoms with Gasteiger partial charge in [0.1, 0.15) is 0 Å². The number of allylic oxidation sites excluding steroid dienone is 6. The molecule has 2 N–H and O–H groups in total. The lowest BCUT2D eigenvalue weighted by atomic mass is 9.59. The largest absolute Gasteiger partial charge is 0.503 e. The van der Waals surface area contributed by atoms with Crippen molar-refractivity contribution in [3.8, 4) is 11.5 Å². The van der Waals surface area contributed by atoms with Gasteiger partial charge in [0.05, 0.1) is 34.3 Å². The number of phenols is 1. The number of aliphatic carboxylic acids is 1. The van der Waals surface area contributed by atoms with Gasteiger partial charge in [0.25, 0.3) is 0 Å². The SMILES string of the molecule is COc1cc([C@H]2C3=CC[C@@H]4C(=O)N(CCC(=O)O)C(=O)[C@@H]4[C@@H]3CC3=C2C(=O)C=C(Br)C3=O)cc(Br)c1O. The van der Waals surface area contributed by atoms with Crippen molar-refractivity contribution in [1.82, 2.24) is 4.90 Å². The molecule has 0 saturated carbocycles. The summed E-state index contributed by atoms with van der Waals surface area (Å²) in [5, 5.41) is 19.4. The van der Waals surface area contributed by atoms with Crippen molar-refractivity contribution in [1.29, 1.82) is 0 Å². The highest BCUT2D eigenvalue weighted by molar-refractivity contribution is 9.12. The molecule has 2 amide bonds. The maximum atomic E-state index is 13.5. The first-order chi connectivity index (χ1) is 17.5. The molecule has 4 aliphatic rings. The molecule has 0 spiro atoms. The quantitative estimate of drug-likeness (QED) is 0.286. The fourth-order valence-electron chi connectivity index (χ4n) is 6.00. The number of carbonyl (C=O) groups excluding carboxylic acids is 4. The number of ketones is 2. The standard InChI is InChI=1S/C26H21Br2NO8/c1-37-18-7-10(6-15(27)24(18)34)20-11-2-3-12-21(26(36)29(25(12)35)5-4-19(31)32)13(11)8-14-22(20)17(30)9-16(28)23(14)33/h2,6-7,9,12-13,20-21,34H,3-5,8H2,1H3,(H,31,32)/t12-,13+,20-,21-/m0/s1. The van der Waals surface area contributed by atoms with Gasteiger partial charge in [0.15, 0.2) is 23.1 Å². The Morgan fingerprint density at radius 3 is 2.54 bits per heavy atom. The lowest BCUT2D eigenvalue weighted by molar-refractivity contribution is -0.142. The summed E-state index contributed by atoms with van der Waals surface area (Å²) in [5.74, 6) is -5.31. The van der Waals surface area contributed by atoms with Crippen molar-refractivity contribution in [2.45, 2.75) is 25.2 Å². The van der Waals surface area contributed by atoms with Gasteiger partial charge in [-0.2, -0.15) is 0 Å². The zero-order valence-electron chi connectivity index (χ0n) is 19.5. The molecular formula is C26H21Br2NO8. The number of Topliss-reactive ketones (excluding diaryl/α,β-unsaturated/α-hetero) is 1.